The second-order valence-corrected chi connectivity index (χ2v) is 9.05. The van der Waals surface area contributed by atoms with Gasteiger partial charge in [0.25, 0.3) is 0 Å². The predicted octanol–water partition coefficient (Wildman–Crippen LogP) is 3.12. The molecule has 2 aliphatic rings. The molecular formula is C22H32N4OS. The number of hydrogen-bond donors (Lipinski definition) is 0. The SMILES string of the molecule is CN(CCc1ccccc1)C1CCCN(Cc2cnc(N3CCOCC3)s2)C1. The zero-order chi connectivity index (χ0) is 19.2. The molecule has 28 heavy (non-hydrogen) atoms. The van der Waals surface area contributed by atoms with Gasteiger partial charge in [-0.15, -0.1) is 11.3 Å². The predicted molar refractivity (Wildman–Crippen MR) is 116 cm³/mol. The molecule has 2 saturated heterocycles. The number of benzene rings is 1. The summed E-state index contributed by atoms with van der Waals surface area (Å²) in [5.74, 6) is 0. The van der Waals surface area contributed by atoms with Gasteiger partial charge in [-0.1, -0.05) is 30.3 Å². The molecule has 0 spiro atoms. The van der Waals surface area contributed by atoms with Crippen LogP contribution in [0.1, 0.15) is 23.3 Å². The first-order valence-electron chi connectivity index (χ1n) is 10.5. The molecule has 5 nitrogen and oxygen atoms in total. The van der Waals surface area contributed by atoms with Crippen molar-refractivity contribution in [3.63, 3.8) is 0 Å². The lowest BCUT2D eigenvalue weighted by molar-refractivity contribution is 0.113. The van der Waals surface area contributed by atoms with Gasteiger partial charge in [0.2, 0.25) is 0 Å². The Morgan fingerprint density at radius 2 is 2.00 bits per heavy atom. The quantitative estimate of drug-likeness (QED) is 0.713. The number of morpholine rings is 1. The van der Waals surface area contributed by atoms with E-state index in [4.69, 9.17) is 4.74 Å². The van der Waals surface area contributed by atoms with Crippen molar-refractivity contribution >= 4 is 16.5 Å². The van der Waals surface area contributed by atoms with E-state index in [9.17, 15) is 0 Å². The van der Waals surface area contributed by atoms with Gasteiger partial charge in [-0.2, -0.15) is 0 Å². The van der Waals surface area contributed by atoms with E-state index < -0.39 is 0 Å². The van der Waals surface area contributed by atoms with Crippen LogP contribution in [0.2, 0.25) is 0 Å². The first kappa shape index (κ1) is 19.8. The number of rotatable bonds is 7. The van der Waals surface area contributed by atoms with Gasteiger partial charge in [-0.3, -0.25) is 4.90 Å². The summed E-state index contributed by atoms with van der Waals surface area (Å²) in [5, 5.41) is 1.16. The zero-order valence-corrected chi connectivity index (χ0v) is 17.7. The molecule has 4 rings (SSSR count). The highest BCUT2D eigenvalue weighted by Crippen LogP contribution is 2.26. The van der Waals surface area contributed by atoms with Gasteiger partial charge >= 0.3 is 0 Å². The van der Waals surface area contributed by atoms with E-state index in [0.29, 0.717) is 6.04 Å². The van der Waals surface area contributed by atoms with E-state index in [1.54, 1.807) is 0 Å². The minimum absolute atomic E-state index is 0.657. The minimum Gasteiger partial charge on any atom is -0.378 e. The maximum absolute atomic E-state index is 5.45. The summed E-state index contributed by atoms with van der Waals surface area (Å²) in [7, 11) is 2.29. The zero-order valence-electron chi connectivity index (χ0n) is 16.9. The number of nitrogens with zero attached hydrogens (tertiary/aromatic N) is 4. The molecule has 2 aromatic rings. The summed E-state index contributed by atoms with van der Waals surface area (Å²) in [6, 6.07) is 11.5. The average molecular weight is 401 g/mol. The summed E-state index contributed by atoms with van der Waals surface area (Å²) < 4.78 is 5.45. The molecule has 0 saturated carbocycles. The molecule has 6 heteroatoms. The van der Waals surface area contributed by atoms with Crippen molar-refractivity contribution in [3.05, 3.63) is 47.0 Å². The summed E-state index contributed by atoms with van der Waals surface area (Å²) in [4.78, 5) is 13.6. The second kappa shape index (κ2) is 9.83. The Morgan fingerprint density at radius 3 is 2.82 bits per heavy atom. The molecule has 0 radical (unpaired) electrons. The Kier molecular flexibility index (Phi) is 6.96. The van der Waals surface area contributed by atoms with Crippen molar-refractivity contribution in [1.29, 1.82) is 0 Å². The molecular weight excluding hydrogens is 368 g/mol. The summed E-state index contributed by atoms with van der Waals surface area (Å²) in [5.41, 5.74) is 1.43. The van der Waals surface area contributed by atoms with Crippen molar-refractivity contribution in [2.75, 3.05) is 57.9 Å². The molecule has 1 aromatic heterocycles. The molecule has 2 aliphatic heterocycles. The van der Waals surface area contributed by atoms with E-state index in [2.05, 4.69) is 63.3 Å². The number of anilines is 1. The maximum atomic E-state index is 5.45. The maximum Gasteiger partial charge on any atom is 0.185 e. The van der Waals surface area contributed by atoms with Crippen molar-refractivity contribution in [3.8, 4) is 0 Å². The Hall–Kier alpha value is -1.47. The largest absolute Gasteiger partial charge is 0.378 e. The standard InChI is InChI=1S/C22H32N4OS/c1-24(11-9-19-6-3-2-4-7-19)20-8-5-10-25(17-20)18-21-16-23-22(28-21)26-12-14-27-15-13-26/h2-4,6-7,16,20H,5,8-15,17-18H2,1H3. The highest BCUT2D eigenvalue weighted by Gasteiger charge is 2.24. The normalized spacial score (nSPS) is 21.4. The number of piperidine rings is 1. The van der Waals surface area contributed by atoms with Gasteiger partial charge in [0, 0.05) is 49.8 Å². The molecule has 1 aromatic carbocycles. The Balaban J connectivity index is 1.27. The molecule has 152 valence electrons. The third kappa shape index (κ3) is 5.32. The van der Waals surface area contributed by atoms with Crippen LogP contribution in [0.25, 0.3) is 0 Å². The smallest absolute Gasteiger partial charge is 0.185 e. The number of thiazole rings is 1. The monoisotopic (exact) mass is 400 g/mol. The summed E-state index contributed by atoms with van der Waals surface area (Å²) in [6.45, 7) is 8.09. The summed E-state index contributed by atoms with van der Waals surface area (Å²) in [6.07, 6.45) is 5.81. The van der Waals surface area contributed by atoms with Crippen LogP contribution in [0.4, 0.5) is 5.13 Å². The lowest BCUT2D eigenvalue weighted by atomic mass is 10.0. The van der Waals surface area contributed by atoms with Gasteiger partial charge in [0.05, 0.1) is 13.2 Å². The number of likely N-dealkylation sites (tertiary alicyclic amines) is 1. The molecule has 0 N–H and O–H groups in total. The van der Waals surface area contributed by atoms with Crippen molar-refractivity contribution in [1.82, 2.24) is 14.8 Å². The number of hydrogen-bond acceptors (Lipinski definition) is 6. The number of likely N-dealkylation sites (N-methyl/N-ethyl adjacent to an activating group) is 1. The van der Waals surface area contributed by atoms with E-state index in [1.807, 2.05) is 11.3 Å². The van der Waals surface area contributed by atoms with Crippen LogP contribution < -0.4 is 4.90 Å². The van der Waals surface area contributed by atoms with Gasteiger partial charge in [0.15, 0.2) is 5.13 Å². The van der Waals surface area contributed by atoms with Crippen LogP contribution in [0.3, 0.4) is 0 Å². The van der Waals surface area contributed by atoms with Crippen LogP contribution in [0.15, 0.2) is 36.5 Å². The number of ether oxygens (including phenoxy) is 1. The topological polar surface area (TPSA) is 31.8 Å². The van der Waals surface area contributed by atoms with Crippen LogP contribution in [0.5, 0.6) is 0 Å². The second-order valence-electron chi connectivity index (χ2n) is 7.96. The number of aromatic nitrogens is 1. The van der Waals surface area contributed by atoms with Gasteiger partial charge in [-0.05, 0) is 38.4 Å². The lowest BCUT2D eigenvalue weighted by Crippen LogP contribution is -2.46. The summed E-state index contributed by atoms with van der Waals surface area (Å²) >= 11 is 1.85. The minimum atomic E-state index is 0.657. The Bertz CT molecular complexity index is 716. The van der Waals surface area contributed by atoms with Gasteiger partial charge in [-0.25, -0.2) is 4.98 Å². The lowest BCUT2D eigenvalue weighted by Gasteiger charge is -2.37. The fourth-order valence-corrected chi connectivity index (χ4v) is 5.16. The molecule has 1 atom stereocenters. The molecule has 3 heterocycles. The average Bonchev–Trinajstić information content (AvgIpc) is 3.22. The molecule has 0 aliphatic carbocycles. The van der Waals surface area contributed by atoms with Crippen molar-refractivity contribution < 1.29 is 4.74 Å². The Labute approximate surface area is 172 Å². The third-order valence-electron chi connectivity index (χ3n) is 5.90. The molecule has 0 amide bonds. The van der Waals surface area contributed by atoms with E-state index in [-0.39, 0.29) is 0 Å². The highest BCUT2D eigenvalue weighted by molar-refractivity contribution is 7.15. The molecule has 0 bridgehead atoms. The van der Waals surface area contributed by atoms with E-state index >= 15 is 0 Å². The van der Waals surface area contributed by atoms with Crippen LogP contribution in [-0.2, 0) is 17.7 Å². The first-order valence-corrected chi connectivity index (χ1v) is 11.3. The van der Waals surface area contributed by atoms with Crippen molar-refractivity contribution in [2.45, 2.75) is 31.8 Å². The molecule has 1 unspecified atom stereocenters. The highest BCUT2D eigenvalue weighted by atomic mass is 32.1. The third-order valence-corrected chi connectivity index (χ3v) is 6.95. The fourth-order valence-electron chi connectivity index (χ4n) is 4.16. The fraction of sp³-hybridized carbons (Fsp3) is 0.591. The molecule has 2 fully saturated rings. The van der Waals surface area contributed by atoms with Gasteiger partial charge < -0.3 is 14.5 Å². The van der Waals surface area contributed by atoms with E-state index in [1.165, 1.54) is 29.8 Å². The van der Waals surface area contributed by atoms with Crippen LogP contribution in [-0.4, -0.2) is 73.8 Å². The van der Waals surface area contributed by atoms with Crippen LogP contribution in [0, 0.1) is 0 Å². The first-order chi connectivity index (χ1) is 13.8. The van der Waals surface area contributed by atoms with Crippen LogP contribution >= 0.6 is 11.3 Å². The van der Waals surface area contributed by atoms with Gasteiger partial charge in [0.1, 0.15) is 0 Å². The van der Waals surface area contributed by atoms with Crippen molar-refractivity contribution in [2.24, 2.45) is 0 Å². The van der Waals surface area contributed by atoms with E-state index in [0.717, 1.165) is 57.5 Å². The Morgan fingerprint density at radius 1 is 1.18 bits per heavy atom.